The van der Waals surface area contributed by atoms with Gasteiger partial charge in [-0.1, -0.05) is 35.9 Å². The monoisotopic (exact) mass is 393 g/mol. The number of urea groups is 1. The highest BCUT2D eigenvalue weighted by molar-refractivity contribution is 6.15. The number of imide groups is 1. The smallest absolute Gasteiger partial charge is 0.332 e. The average Bonchev–Trinajstić information content (AvgIpc) is 2.92. The number of aryl methyl sites for hydroxylation is 1. The Bertz CT molecular complexity index is 957. The Kier molecular flexibility index (Phi) is 4.96. The molecule has 0 spiro atoms. The third-order valence-corrected chi connectivity index (χ3v) is 5.36. The Balaban J connectivity index is 1.47. The number of carbonyl (C=O) groups is 3. The summed E-state index contributed by atoms with van der Waals surface area (Å²) in [6.45, 7) is 3.83. The molecule has 1 fully saturated rings. The van der Waals surface area contributed by atoms with Gasteiger partial charge in [0, 0.05) is 17.7 Å². The summed E-state index contributed by atoms with van der Waals surface area (Å²) in [5.74, 6) is 0.000931. The van der Waals surface area contributed by atoms with Crippen LogP contribution in [0.25, 0.3) is 0 Å². The normalized spacial score (nSPS) is 21.0. The van der Waals surface area contributed by atoms with Crippen molar-refractivity contribution in [2.24, 2.45) is 0 Å². The van der Waals surface area contributed by atoms with Crippen molar-refractivity contribution in [3.8, 4) is 5.75 Å². The number of benzene rings is 2. The summed E-state index contributed by atoms with van der Waals surface area (Å²) in [4.78, 5) is 40.6. The van der Waals surface area contributed by atoms with E-state index in [0.717, 1.165) is 21.8 Å². The van der Waals surface area contributed by atoms with Crippen LogP contribution in [0.4, 0.5) is 10.5 Å². The van der Waals surface area contributed by atoms with Crippen molar-refractivity contribution in [1.82, 2.24) is 10.2 Å². The van der Waals surface area contributed by atoms with Crippen molar-refractivity contribution >= 4 is 23.5 Å². The second-order valence-electron chi connectivity index (χ2n) is 7.38. The number of carbonyl (C=O) groups excluding carboxylic acids is 3. The number of para-hydroxylation sites is 1. The molecule has 2 aromatic rings. The lowest BCUT2D eigenvalue weighted by Gasteiger charge is -2.27. The summed E-state index contributed by atoms with van der Waals surface area (Å²) >= 11 is 0. The molecular weight excluding hydrogens is 370 g/mol. The Labute approximate surface area is 169 Å². The average molecular weight is 393 g/mol. The zero-order valence-electron chi connectivity index (χ0n) is 16.4. The van der Waals surface area contributed by atoms with Gasteiger partial charge in [0.25, 0.3) is 5.91 Å². The number of rotatable bonds is 4. The lowest BCUT2D eigenvalue weighted by atomic mass is 10.0. The van der Waals surface area contributed by atoms with Crippen LogP contribution in [0.2, 0.25) is 0 Å². The van der Waals surface area contributed by atoms with Crippen LogP contribution in [-0.2, 0) is 9.59 Å². The highest BCUT2D eigenvalue weighted by Gasteiger charge is 2.44. The molecule has 2 aromatic carbocycles. The molecule has 0 saturated carbocycles. The second kappa shape index (κ2) is 7.58. The van der Waals surface area contributed by atoms with E-state index in [1.54, 1.807) is 19.1 Å². The van der Waals surface area contributed by atoms with E-state index in [1.165, 1.54) is 4.90 Å². The topological polar surface area (TPSA) is 79.0 Å². The molecule has 2 atom stereocenters. The Hall–Kier alpha value is -3.35. The maximum absolute atomic E-state index is 12.9. The summed E-state index contributed by atoms with van der Waals surface area (Å²) in [7, 11) is 0. The molecule has 0 aliphatic carbocycles. The molecule has 0 unspecified atom stereocenters. The maximum atomic E-state index is 12.9. The van der Waals surface area contributed by atoms with E-state index in [2.05, 4.69) is 5.32 Å². The van der Waals surface area contributed by atoms with Crippen LogP contribution in [0.1, 0.15) is 30.5 Å². The highest BCUT2D eigenvalue weighted by atomic mass is 16.5. The van der Waals surface area contributed by atoms with E-state index in [-0.39, 0.29) is 24.4 Å². The summed E-state index contributed by atoms with van der Waals surface area (Å²) in [6, 6.07) is 13.6. The number of nitrogens with one attached hydrogen (secondary N) is 1. The van der Waals surface area contributed by atoms with Crippen LogP contribution >= 0.6 is 0 Å². The first-order valence-electron chi connectivity index (χ1n) is 9.68. The zero-order valence-corrected chi connectivity index (χ0v) is 16.4. The van der Waals surface area contributed by atoms with Crippen LogP contribution < -0.4 is 15.0 Å². The van der Waals surface area contributed by atoms with E-state index in [0.29, 0.717) is 18.7 Å². The molecule has 7 heteroatoms. The van der Waals surface area contributed by atoms with Crippen molar-refractivity contribution in [2.75, 3.05) is 18.1 Å². The Morgan fingerprint density at radius 2 is 1.86 bits per heavy atom. The predicted molar refractivity (Wildman–Crippen MR) is 108 cm³/mol. The van der Waals surface area contributed by atoms with E-state index < -0.39 is 12.1 Å². The van der Waals surface area contributed by atoms with Crippen molar-refractivity contribution in [3.05, 3.63) is 59.7 Å². The zero-order chi connectivity index (χ0) is 20.5. The van der Waals surface area contributed by atoms with Crippen molar-refractivity contribution in [2.45, 2.75) is 32.4 Å². The fourth-order valence-electron chi connectivity index (χ4n) is 3.79. The van der Waals surface area contributed by atoms with Gasteiger partial charge in [-0.15, -0.1) is 0 Å². The minimum Gasteiger partial charge on any atom is -0.493 e. The predicted octanol–water partition coefficient (Wildman–Crippen LogP) is 2.79. The number of nitrogens with zero attached hydrogens (tertiary/aromatic N) is 2. The van der Waals surface area contributed by atoms with Crippen LogP contribution in [0.5, 0.6) is 5.75 Å². The van der Waals surface area contributed by atoms with Crippen LogP contribution in [-0.4, -0.2) is 41.9 Å². The molecule has 0 radical (unpaired) electrons. The molecule has 4 amide bonds. The number of anilines is 1. The van der Waals surface area contributed by atoms with Crippen molar-refractivity contribution < 1.29 is 19.1 Å². The molecule has 29 heavy (non-hydrogen) atoms. The summed E-state index contributed by atoms with van der Waals surface area (Å²) in [5, 5.41) is 2.94. The third-order valence-electron chi connectivity index (χ3n) is 5.36. The molecular formula is C22H23N3O4. The van der Waals surface area contributed by atoms with Gasteiger partial charge in [0.1, 0.15) is 18.3 Å². The quantitative estimate of drug-likeness (QED) is 0.810. The van der Waals surface area contributed by atoms with E-state index in [1.807, 2.05) is 43.3 Å². The lowest BCUT2D eigenvalue weighted by molar-refractivity contribution is -0.132. The van der Waals surface area contributed by atoms with Crippen LogP contribution in [0, 0.1) is 6.92 Å². The number of amides is 4. The van der Waals surface area contributed by atoms with Crippen LogP contribution in [0.15, 0.2) is 48.5 Å². The molecule has 1 N–H and O–H groups in total. The molecule has 2 aliphatic rings. The van der Waals surface area contributed by atoms with E-state index in [9.17, 15) is 14.4 Å². The standard InChI is InChI=1S/C22H23N3O4/c1-14-7-9-16(10-8-14)25-15(2)21(27)24(22(25)28)13-20(26)23-18-11-12-29-19-6-4-3-5-17(18)19/h3-10,15,18H,11-13H2,1-2H3,(H,23,26)/t15-,18+/m0/s1. The number of ether oxygens (including phenoxy) is 1. The SMILES string of the molecule is Cc1ccc(N2C(=O)N(CC(=O)N[C@@H]3CCOc4ccccc43)C(=O)[C@@H]2C)cc1. The van der Waals surface area contributed by atoms with Gasteiger partial charge in [-0.25, -0.2) is 4.79 Å². The minimum absolute atomic E-state index is 0.203. The molecule has 7 nitrogen and oxygen atoms in total. The van der Waals surface area contributed by atoms with Gasteiger partial charge in [-0.2, -0.15) is 0 Å². The first-order chi connectivity index (χ1) is 14.0. The number of hydrogen-bond acceptors (Lipinski definition) is 4. The van der Waals surface area contributed by atoms with E-state index >= 15 is 0 Å². The molecule has 150 valence electrons. The fourth-order valence-corrected chi connectivity index (χ4v) is 3.79. The minimum atomic E-state index is -0.651. The van der Waals surface area contributed by atoms with Gasteiger partial charge in [0.05, 0.1) is 12.6 Å². The third kappa shape index (κ3) is 3.55. The van der Waals surface area contributed by atoms with Crippen LogP contribution in [0.3, 0.4) is 0 Å². The van der Waals surface area contributed by atoms with Crippen molar-refractivity contribution in [1.29, 1.82) is 0 Å². The van der Waals surface area contributed by atoms with Gasteiger partial charge in [0.2, 0.25) is 5.91 Å². The first-order valence-corrected chi connectivity index (χ1v) is 9.68. The lowest BCUT2D eigenvalue weighted by Crippen LogP contribution is -2.43. The Morgan fingerprint density at radius 1 is 1.14 bits per heavy atom. The summed E-state index contributed by atoms with van der Waals surface area (Å²) in [5.41, 5.74) is 2.61. The van der Waals surface area contributed by atoms with Gasteiger partial charge in [-0.05, 0) is 32.0 Å². The number of hydrogen-bond donors (Lipinski definition) is 1. The van der Waals surface area contributed by atoms with Gasteiger partial charge >= 0.3 is 6.03 Å². The molecule has 2 aliphatic heterocycles. The van der Waals surface area contributed by atoms with Gasteiger partial charge < -0.3 is 10.1 Å². The molecule has 0 bridgehead atoms. The Morgan fingerprint density at radius 3 is 2.62 bits per heavy atom. The van der Waals surface area contributed by atoms with E-state index in [4.69, 9.17) is 4.74 Å². The first kappa shape index (κ1) is 19.0. The number of fused-ring (bicyclic) bond motifs is 1. The van der Waals surface area contributed by atoms with Crippen molar-refractivity contribution in [3.63, 3.8) is 0 Å². The fraction of sp³-hybridized carbons (Fsp3) is 0.318. The second-order valence-corrected chi connectivity index (χ2v) is 7.38. The molecule has 2 heterocycles. The van der Waals surface area contributed by atoms with Gasteiger partial charge in [0.15, 0.2) is 0 Å². The van der Waals surface area contributed by atoms with Gasteiger partial charge in [-0.3, -0.25) is 19.4 Å². The summed E-state index contributed by atoms with van der Waals surface area (Å²) in [6.07, 6.45) is 0.635. The highest BCUT2D eigenvalue weighted by Crippen LogP contribution is 2.31. The molecule has 1 saturated heterocycles. The summed E-state index contributed by atoms with van der Waals surface area (Å²) < 4.78 is 5.61. The largest absolute Gasteiger partial charge is 0.493 e. The molecule has 0 aromatic heterocycles. The maximum Gasteiger partial charge on any atom is 0.332 e. The molecule has 4 rings (SSSR count).